The average Bonchev–Trinajstić information content (AvgIpc) is 2.23. The molecule has 0 unspecified atom stereocenters. The third kappa shape index (κ3) is 2.24. The number of benzene rings is 1. The summed E-state index contributed by atoms with van der Waals surface area (Å²) in [5.74, 6) is 0.113. The molecule has 0 saturated heterocycles. The first kappa shape index (κ1) is 13.5. The van der Waals surface area contributed by atoms with Crippen molar-refractivity contribution in [1.82, 2.24) is 0 Å². The lowest BCUT2D eigenvalue weighted by atomic mass is 9.76. The Hall–Kier alpha value is -0.570. The first-order chi connectivity index (χ1) is 7.14. The van der Waals surface area contributed by atoms with E-state index >= 15 is 0 Å². The van der Waals surface area contributed by atoms with Gasteiger partial charge in [-0.2, -0.15) is 0 Å². The number of nitrogens with two attached hydrogens (primary N) is 1. The highest BCUT2D eigenvalue weighted by atomic mass is 35.5. The molecule has 1 atom stereocenters. The lowest BCUT2D eigenvalue weighted by Crippen LogP contribution is -2.47. The maximum absolute atomic E-state index is 11.9. The van der Waals surface area contributed by atoms with E-state index < -0.39 is 5.54 Å². The molecule has 4 heteroatoms. The predicted molar refractivity (Wildman–Crippen MR) is 68.0 cm³/mol. The van der Waals surface area contributed by atoms with Crippen LogP contribution in [-0.4, -0.2) is 5.78 Å². The van der Waals surface area contributed by atoms with Gasteiger partial charge in [-0.25, -0.2) is 0 Å². The third-order valence-electron chi connectivity index (χ3n) is 3.08. The Balaban J connectivity index is 0.00000128. The summed E-state index contributed by atoms with van der Waals surface area (Å²) in [7, 11) is 0. The quantitative estimate of drug-likeness (QED) is 0.843. The predicted octanol–water partition coefficient (Wildman–Crippen LogP) is 3.06. The summed E-state index contributed by atoms with van der Waals surface area (Å²) in [6.07, 6.45) is 3.22. The summed E-state index contributed by atoms with van der Waals surface area (Å²) in [5.41, 5.74) is 6.11. The van der Waals surface area contributed by atoms with Crippen molar-refractivity contribution in [2.24, 2.45) is 5.73 Å². The van der Waals surface area contributed by atoms with Crippen LogP contribution < -0.4 is 5.73 Å². The number of carbonyl (C=O) groups excluding carboxylic acids is 1. The number of Topliss-reactive ketones (excluding diaryl/α,β-unsaturated/α-hetero) is 1. The van der Waals surface area contributed by atoms with Gasteiger partial charge in [0.25, 0.3) is 0 Å². The van der Waals surface area contributed by atoms with E-state index in [2.05, 4.69) is 0 Å². The van der Waals surface area contributed by atoms with Crippen molar-refractivity contribution in [1.29, 1.82) is 0 Å². The largest absolute Gasteiger partial charge is 0.315 e. The second-order valence-corrected chi connectivity index (χ2v) is 4.49. The molecule has 88 valence electrons. The molecule has 0 aromatic heterocycles. The SMILES string of the molecule is Cl.N[C@@]1(c2ccccc2Cl)CCCCC1=O. The minimum atomic E-state index is -0.851. The monoisotopic (exact) mass is 259 g/mol. The van der Waals surface area contributed by atoms with E-state index in [0.717, 1.165) is 18.4 Å². The molecule has 1 aromatic carbocycles. The molecule has 0 bridgehead atoms. The first-order valence-electron chi connectivity index (χ1n) is 5.22. The molecule has 0 radical (unpaired) electrons. The van der Waals surface area contributed by atoms with Crippen LogP contribution in [0.2, 0.25) is 5.02 Å². The van der Waals surface area contributed by atoms with Gasteiger partial charge in [0.1, 0.15) is 5.54 Å². The van der Waals surface area contributed by atoms with Crippen molar-refractivity contribution in [3.8, 4) is 0 Å². The highest BCUT2D eigenvalue weighted by molar-refractivity contribution is 6.31. The van der Waals surface area contributed by atoms with Gasteiger partial charge in [0.15, 0.2) is 5.78 Å². The fourth-order valence-electron chi connectivity index (χ4n) is 2.16. The molecule has 1 fully saturated rings. The molecule has 2 rings (SSSR count). The Morgan fingerprint density at radius 2 is 1.94 bits per heavy atom. The Kier molecular flexibility index (Phi) is 4.36. The van der Waals surface area contributed by atoms with E-state index in [-0.39, 0.29) is 18.2 Å². The zero-order chi connectivity index (χ0) is 10.9. The van der Waals surface area contributed by atoms with E-state index in [1.807, 2.05) is 18.2 Å². The maximum atomic E-state index is 11.9. The van der Waals surface area contributed by atoms with Crippen LogP contribution in [-0.2, 0) is 10.3 Å². The van der Waals surface area contributed by atoms with Gasteiger partial charge in [-0.3, -0.25) is 4.79 Å². The van der Waals surface area contributed by atoms with Crippen LogP contribution >= 0.6 is 24.0 Å². The topological polar surface area (TPSA) is 43.1 Å². The highest BCUT2D eigenvalue weighted by Crippen LogP contribution is 2.35. The second-order valence-electron chi connectivity index (χ2n) is 4.08. The third-order valence-corrected chi connectivity index (χ3v) is 3.41. The molecular formula is C12H15Cl2NO. The van der Waals surface area contributed by atoms with Crippen LogP contribution in [0.15, 0.2) is 24.3 Å². The summed E-state index contributed by atoms with van der Waals surface area (Å²) in [5, 5.41) is 0.593. The molecule has 0 aliphatic heterocycles. The Morgan fingerprint density at radius 1 is 1.25 bits per heavy atom. The molecule has 16 heavy (non-hydrogen) atoms. The van der Waals surface area contributed by atoms with Gasteiger partial charge in [0, 0.05) is 11.4 Å². The maximum Gasteiger partial charge on any atom is 0.157 e. The van der Waals surface area contributed by atoms with Crippen molar-refractivity contribution in [2.75, 3.05) is 0 Å². The van der Waals surface area contributed by atoms with Crippen molar-refractivity contribution in [2.45, 2.75) is 31.2 Å². The van der Waals surface area contributed by atoms with Crippen LogP contribution in [0.3, 0.4) is 0 Å². The standard InChI is InChI=1S/C12H14ClNO.ClH/c13-10-6-2-1-5-9(10)12(14)8-4-3-7-11(12)15;/h1-2,5-6H,3-4,7-8,14H2;1H/t12-;/m1./s1. The molecule has 0 spiro atoms. The highest BCUT2D eigenvalue weighted by Gasteiger charge is 2.38. The summed E-state index contributed by atoms with van der Waals surface area (Å²) in [6, 6.07) is 7.36. The molecule has 0 amide bonds. The lowest BCUT2D eigenvalue weighted by molar-refractivity contribution is -0.126. The molecular weight excluding hydrogens is 245 g/mol. The zero-order valence-corrected chi connectivity index (χ0v) is 10.5. The van der Waals surface area contributed by atoms with Crippen molar-refractivity contribution < 1.29 is 4.79 Å². The van der Waals surface area contributed by atoms with Gasteiger partial charge < -0.3 is 5.73 Å². The summed E-state index contributed by atoms with van der Waals surface area (Å²) in [4.78, 5) is 11.9. The molecule has 1 aliphatic carbocycles. The first-order valence-corrected chi connectivity index (χ1v) is 5.59. The molecule has 2 nitrogen and oxygen atoms in total. The van der Waals surface area contributed by atoms with Gasteiger partial charge >= 0.3 is 0 Å². The van der Waals surface area contributed by atoms with E-state index in [0.29, 0.717) is 17.9 Å². The summed E-state index contributed by atoms with van der Waals surface area (Å²) in [6.45, 7) is 0. The van der Waals surface area contributed by atoms with Crippen LogP contribution in [0, 0.1) is 0 Å². The Morgan fingerprint density at radius 3 is 2.56 bits per heavy atom. The minimum absolute atomic E-state index is 0. The lowest BCUT2D eigenvalue weighted by Gasteiger charge is -2.32. The van der Waals surface area contributed by atoms with Gasteiger partial charge in [-0.05, 0) is 24.5 Å². The Labute approximate surface area is 107 Å². The Bertz CT molecular complexity index is 394. The van der Waals surface area contributed by atoms with Crippen molar-refractivity contribution >= 4 is 29.8 Å². The van der Waals surface area contributed by atoms with E-state index in [1.165, 1.54) is 0 Å². The summed E-state index contributed by atoms with van der Waals surface area (Å²) >= 11 is 6.08. The smallest absolute Gasteiger partial charge is 0.157 e. The van der Waals surface area contributed by atoms with Crippen molar-refractivity contribution in [3.05, 3.63) is 34.9 Å². The van der Waals surface area contributed by atoms with Gasteiger partial charge in [-0.1, -0.05) is 36.2 Å². The molecule has 1 saturated carbocycles. The number of halogens is 2. The van der Waals surface area contributed by atoms with Crippen LogP contribution in [0.25, 0.3) is 0 Å². The molecule has 2 N–H and O–H groups in total. The van der Waals surface area contributed by atoms with Gasteiger partial charge in [0.2, 0.25) is 0 Å². The van der Waals surface area contributed by atoms with E-state index in [9.17, 15) is 4.79 Å². The van der Waals surface area contributed by atoms with Crippen LogP contribution in [0.1, 0.15) is 31.2 Å². The fourth-order valence-corrected chi connectivity index (χ4v) is 2.46. The normalized spacial score (nSPS) is 25.0. The van der Waals surface area contributed by atoms with Crippen LogP contribution in [0.4, 0.5) is 0 Å². The minimum Gasteiger partial charge on any atom is -0.315 e. The number of hydrogen-bond donors (Lipinski definition) is 1. The summed E-state index contributed by atoms with van der Waals surface area (Å²) < 4.78 is 0. The number of rotatable bonds is 1. The van der Waals surface area contributed by atoms with Crippen LogP contribution in [0.5, 0.6) is 0 Å². The molecule has 0 heterocycles. The van der Waals surface area contributed by atoms with E-state index in [4.69, 9.17) is 17.3 Å². The number of carbonyl (C=O) groups is 1. The van der Waals surface area contributed by atoms with Crippen molar-refractivity contribution in [3.63, 3.8) is 0 Å². The van der Waals surface area contributed by atoms with Gasteiger partial charge in [-0.15, -0.1) is 12.4 Å². The average molecular weight is 260 g/mol. The molecule has 1 aromatic rings. The molecule has 1 aliphatic rings. The number of hydrogen-bond acceptors (Lipinski definition) is 2. The fraction of sp³-hybridized carbons (Fsp3) is 0.417. The second kappa shape index (κ2) is 5.17. The van der Waals surface area contributed by atoms with Gasteiger partial charge in [0.05, 0.1) is 0 Å². The zero-order valence-electron chi connectivity index (χ0n) is 8.91. The number of ketones is 1. The van der Waals surface area contributed by atoms with E-state index in [1.54, 1.807) is 6.07 Å².